The van der Waals surface area contributed by atoms with E-state index in [0.29, 0.717) is 9.74 Å². The lowest BCUT2D eigenvalue weighted by Gasteiger charge is -2.24. The molecule has 1 aromatic carbocycles. The monoisotopic (exact) mass is 266 g/mol. The largest absolute Gasteiger partial charge is 0.389 e. The van der Waals surface area contributed by atoms with Crippen LogP contribution in [-0.4, -0.2) is 22.0 Å². The summed E-state index contributed by atoms with van der Waals surface area (Å²) in [6.07, 6.45) is 2.60. The third-order valence-electron chi connectivity index (χ3n) is 3.15. The summed E-state index contributed by atoms with van der Waals surface area (Å²) in [4.78, 5) is 0.456. The lowest BCUT2D eigenvalue weighted by molar-refractivity contribution is 0.635. The normalized spacial score (nSPS) is 23.6. The van der Waals surface area contributed by atoms with Gasteiger partial charge in [0.25, 0.3) is 0 Å². The van der Waals surface area contributed by atoms with Gasteiger partial charge in [-0.25, -0.2) is 0 Å². The van der Waals surface area contributed by atoms with E-state index in [1.54, 1.807) is 0 Å². The van der Waals surface area contributed by atoms with Crippen LogP contribution in [0.1, 0.15) is 25.3 Å². The zero-order valence-electron chi connectivity index (χ0n) is 10.0. The molecule has 1 aromatic rings. The van der Waals surface area contributed by atoms with E-state index in [4.69, 9.17) is 18.0 Å². The van der Waals surface area contributed by atoms with Gasteiger partial charge >= 0.3 is 0 Å². The Morgan fingerprint density at radius 2 is 2.29 bits per heavy atom. The number of nitrogens with one attached hydrogen (secondary N) is 1. The summed E-state index contributed by atoms with van der Waals surface area (Å²) in [6, 6.07) is 7.98. The third kappa shape index (κ3) is 3.13. The van der Waals surface area contributed by atoms with Crippen molar-refractivity contribution in [1.29, 1.82) is 0 Å². The highest BCUT2D eigenvalue weighted by Gasteiger charge is 2.29. The van der Waals surface area contributed by atoms with Crippen molar-refractivity contribution in [2.75, 3.05) is 17.6 Å². The van der Waals surface area contributed by atoms with Crippen molar-refractivity contribution in [3.8, 4) is 0 Å². The van der Waals surface area contributed by atoms with Crippen LogP contribution in [0.2, 0.25) is 0 Å². The standard InChI is InChI=1S/C13H18N2S2/c1-13(7-4-8-17-13)9-15-11-6-3-2-5-10(11)12(14)16/h2-3,5-6,15H,4,7-9H2,1H3,(H2,14,16). The van der Waals surface area contributed by atoms with Gasteiger partial charge in [-0.15, -0.1) is 0 Å². The van der Waals surface area contributed by atoms with E-state index in [9.17, 15) is 0 Å². The molecule has 1 saturated heterocycles. The van der Waals surface area contributed by atoms with Gasteiger partial charge in [0.1, 0.15) is 4.99 Å². The van der Waals surface area contributed by atoms with Gasteiger partial charge in [-0.05, 0) is 37.7 Å². The zero-order chi connectivity index (χ0) is 12.3. The number of para-hydroxylation sites is 1. The number of thiocarbonyl (C=S) groups is 1. The first-order chi connectivity index (χ1) is 8.11. The quantitative estimate of drug-likeness (QED) is 0.822. The maximum Gasteiger partial charge on any atom is 0.106 e. The number of hydrogen-bond acceptors (Lipinski definition) is 3. The molecule has 2 rings (SSSR count). The van der Waals surface area contributed by atoms with E-state index in [0.717, 1.165) is 17.8 Å². The molecule has 0 saturated carbocycles. The Hall–Kier alpha value is -0.740. The summed E-state index contributed by atoms with van der Waals surface area (Å²) in [6.45, 7) is 3.29. The van der Waals surface area contributed by atoms with Gasteiger partial charge in [-0.1, -0.05) is 24.4 Å². The van der Waals surface area contributed by atoms with Crippen LogP contribution in [0.5, 0.6) is 0 Å². The van der Waals surface area contributed by atoms with Crippen LogP contribution in [0.15, 0.2) is 24.3 Å². The summed E-state index contributed by atoms with van der Waals surface area (Å²) in [5, 5.41) is 3.49. The second kappa shape index (κ2) is 5.27. The molecule has 4 heteroatoms. The van der Waals surface area contributed by atoms with Gasteiger partial charge < -0.3 is 11.1 Å². The van der Waals surface area contributed by atoms with Crippen LogP contribution >= 0.6 is 24.0 Å². The predicted octanol–water partition coefficient (Wildman–Crippen LogP) is 3.02. The fourth-order valence-electron chi connectivity index (χ4n) is 2.11. The molecule has 1 fully saturated rings. The highest BCUT2D eigenvalue weighted by Crippen LogP contribution is 2.37. The van der Waals surface area contributed by atoms with Crippen molar-refractivity contribution in [3.05, 3.63) is 29.8 Å². The Morgan fingerprint density at radius 3 is 2.94 bits per heavy atom. The molecular weight excluding hydrogens is 248 g/mol. The van der Waals surface area contributed by atoms with Gasteiger partial charge in [0.05, 0.1) is 0 Å². The van der Waals surface area contributed by atoms with Gasteiger partial charge in [-0.3, -0.25) is 0 Å². The molecule has 0 aliphatic carbocycles. The van der Waals surface area contributed by atoms with Gasteiger partial charge in [-0.2, -0.15) is 11.8 Å². The molecule has 17 heavy (non-hydrogen) atoms. The molecule has 92 valence electrons. The van der Waals surface area contributed by atoms with E-state index in [1.807, 2.05) is 24.3 Å². The number of thioether (sulfide) groups is 1. The highest BCUT2D eigenvalue weighted by molar-refractivity contribution is 8.00. The van der Waals surface area contributed by atoms with Gasteiger partial charge in [0, 0.05) is 22.5 Å². The average molecular weight is 266 g/mol. The zero-order valence-corrected chi connectivity index (χ0v) is 11.7. The molecule has 2 nitrogen and oxygen atoms in total. The molecule has 0 radical (unpaired) electrons. The smallest absolute Gasteiger partial charge is 0.106 e. The number of rotatable bonds is 4. The van der Waals surface area contributed by atoms with Crippen molar-refractivity contribution in [1.82, 2.24) is 0 Å². The second-order valence-corrected chi connectivity index (χ2v) is 6.79. The summed E-state index contributed by atoms with van der Waals surface area (Å²) in [5.41, 5.74) is 7.71. The third-order valence-corrected chi connectivity index (χ3v) is 4.90. The molecule has 0 spiro atoms. The Balaban J connectivity index is 2.06. The van der Waals surface area contributed by atoms with Crippen LogP contribution in [0, 0.1) is 0 Å². The summed E-state index contributed by atoms with van der Waals surface area (Å²) >= 11 is 7.11. The van der Waals surface area contributed by atoms with E-state index < -0.39 is 0 Å². The Kier molecular flexibility index (Phi) is 3.94. The lowest BCUT2D eigenvalue weighted by Crippen LogP contribution is -2.28. The first-order valence-electron chi connectivity index (χ1n) is 5.87. The molecule has 1 heterocycles. The van der Waals surface area contributed by atoms with Crippen molar-refractivity contribution >= 4 is 34.7 Å². The van der Waals surface area contributed by atoms with E-state index in [1.165, 1.54) is 18.6 Å². The minimum atomic E-state index is 0.351. The van der Waals surface area contributed by atoms with Crippen molar-refractivity contribution in [2.45, 2.75) is 24.5 Å². The number of anilines is 1. The van der Waals surface area contributed by atoms with E-state index in [2.05, 4.69) is 24.0 Å². The van der Waals surface area contributed by atoms with Crippen LogP contribution < -0.4 is 11.1 Å². The summed E-state index contributed by atoms with van der Waals surface area (Å²) in [7, 11) is 0. The maximum absolute atomic E-state index is 5.72. The van der Waals surface area contributed by atoms with E-state index >= 15 is 0 Å². The molecule has 1 aliphatic heterocycles. The van der Waals surface area contributed by atoms with Crippen LogP contribution in [0.4, 0.5) is 5.69 Å². The first-order valence-corrected chi connectivity index (χ1v) is 7.27. The molecule has 1 unspecified atom stereocenters. The molecule has 0 bridgehead atoms. The topological polar surface area (TPSA) is 38.0 Å². The highest BCUT2D eigenvalue weighted by atomic mass is 32.2. The van der Waals surface area contributed by atoms with E-state index in [-0.39, 0.29) is 0 Å². The molecule has 0 aromatic heterocycles. The van der Waals surface area contributed by atoms with Gasteiger partial charge in [0.15, 0.2) is 0 Å². The van der Waals surface area contributed by atoms with Crippen LogP contribution in [0.25, 0.3) is 0 Å². The summed E-state index contributed by atoms with van der Waals surface area (Å²) < 4.78 is 0.351. The number of hydrogen-bond donors (Lipinski definition) is 2. The minimum Gasteiger partial charge on any atom is -0.389 e. The lowest BCUT2D eigenvalue weighted by atomic mass is 10.1. The molecule has 0 amide bonds. The minimum absolute atomic E-state index is 0.351. The van der Waals surface area contributed by atoms with Crippen molar-refractivity contribution in [2.24, 2.45) is 5.73 Å². The molecular formula is C13H18N2S2. The fourth-order valence-corrected chi connectivity index (χ4v) is 3.53. The first kappa shape index (κ1) is 12.7. The Bertz CT molecular complexity index is 412. The SMILES string of the molecule is CC1(CNc2ccccc2C(N)=S)CCCS1. The van der Waals surface area contributed by atoms with Crippen LogP contribution in [0.3, 0.4) is 0 Å². The van der Waals surface area contributed by atoms with Crippen molar-refractivity contribution < 1.29 is 0 Å². The maximum atomic E-state index is 5.72. The molecule has 1 atom stereocenters. The second-order valence-electron chi connectivity index (χ2n) is 4.67. The van der Waals surface area contributed by atoms with Crippen LogP contribution in [-0.2, 0) is 0 Å². The Morgan fingerprint density at radius 1 is 1.53 bits per heavy atom. The Labute approximate surface area is 112 Å². The fraction of sp³-hybridized carbons (Fsp3) is 0.462. The predicted molar refractivity (Wildman–Crippen MR) is 80.9 cm³/mol. The molecule has 1 aliphatic rings. The van der Waals surface area contributed by atoms with Gasteiger partial charge in [0.2, 0.25) is 0 Å². The molecule has 3 N–H and O–H groups in total. The number of benzene rings is 1. The average Bonchev–Trinajstić information content (AvgIpc) is 2.74. The summed E-state index contributed by atoms with van der Waals surface area (Å²) in [5.74, 6) is 1.27. The number of nitrogens with two attached hydrogens (primary N) is 1. The van der Waals surface area contributed by atoms with Crippen molar-refractivity contribution in [3.63, 3.8) is 0 Å².